The number of fused-ring (bicyclic) bond motifs is 1. The van der Waals surface area contributed by atoms with E-state index >= 15 is 0 Å². The maximum Gasteiger partial charge on any atom is 0.256 e. The van der Waals surface area contributed by atoms with Gasteiger partial charge in [-0.15, -0.1) is 11.3 Å². The fourth-order valence-electron chi connectivity index (χ4n) is 5.69. The van der Waals surface area contributed by atoms with E-state index < -0.39 is 21.8 Å². The second-order valence-corrected chi connectivity index (χ2v) is 13.8. The molecular weight excluding hydrogens is 532 g/mol. The normalized spacial score (nSPS) is 20.4. The summed E-state index contributed by atoms with van der Waals surface area (Å²) in [6.07, 6.45) is 1.68. The number of carbonyl (C=O) groups excluding carboxylic acids is 2. The number of primary amides is 1. The Kier molecular flexibility index (Phi) is 7.91. The first-order valence-corrected chi connectivity index (χ1v) is 15.5. The number of benzene rings is 2. The summed E-state index contributed by atoms with van der Waals surface area (Å²) in [4.78, 5) is 29.0. The number of hydrogen-bond donors (Lipinski definition) is 2. The van der Waals surface area contributed by atoms with Crippen molar-refractivity contribution in [3.8, 4) is 0 Å². The highest BCUT2D eigenvalue weighted by molar-refractivity contribution is 7.89. The lowest BCUT2D eigenvalue weighted by atomic mass is 9.94. The van der Waals surface area contributed by atoms with Crippen LogP contribution in [0, 0.1) is 11.8 Å². The second kappa shape index (κ2) is 11.2. The number of nitrogens with one attached hydrogen (secondary N) is 1. The molecule has 0 spiro atoms. The number of thiophene rings is 1. The van der Waals surface area contributed by atoms with Gasteiger partial charge >= 0.3 is 0 Å². The minimum absolute atomic E-state index is 0.170. The number of nitrogens with zero attached hydrogens (tertiary/aromatic N) is 2. The largest absolute Gasteiger partial charge is 0.365 e. The molecule has 2 aromatic carbocycles. The Morgan fingerprint density at radius 3 is 2.33 bits per heavy atom. The molecule has 3 heterocycles. The Bertz CT molecular complexity index is 1460. The molecule has 0 bridgehead atoms. The standard InChI is InChI=1S/C29H34N4O4S2/c1-19-14-20(2)16-33(15-19)39(36,37)23-10-8-22(9-11-23)28(35)31-29-26(27(30)34)24-12-13-32(18-25(24)38-29)17-21-6-4-3-5-7-21/h3-11,19-20H,12-18H2,1-2H3,(H2,30,34)(H,31,35)/t19-,20-/m1/s1. The first-order valence-electron chi connectivity index (χ1n) is 13.2. The zero-order chi connectivity index (χ0) is 27.7. The maximum atomic E-state index is 13.2. The predicted molar refractivity (Wildman–Crippen MR) is 153 cm³/mol. The van der Waals surface area contributed by atoms with Gasteiger partial charge in [-0.1, -0.05) is 44.2 Å². The Morgan fingerprint density at radius 2 is 1.69 bits per heavy atom. The molecule has 1 saturated heterocycles. The van der Waals surface area contributed by atoms with E-state index in [1.807, 2.05) is 18.2 Å². The lowest BCUT2D eigenvalue weighted by Gasteiger charge is -2.34. The number of amides is 2. The van der Waals surface area contributed by atoms with Crippen molar-refractivity contribution >= 4 is 38.2 Å². The molecule has 3 aromatic rings. The highest BCUT2D eigenvalue weighted by Crippen LogP contribution is 2.37. The monoisotopic (exact) mass is 566 g/mol. The van der Waals surface area contributed by atoms with Crippen LogP contribution in [0.5, 0.6) is 0 Å². The topological polar surface area (TPSA) is 113 Å². The molecule has 0 radical (unpaired) electrons. The van der Waals surface area contributed by atoms with Crippen LogP contribution in [0.25, 0.3) is 0 Å². The third-order valence-electron chi connectivity index (χ3n) is 7.45. The van der Waals surface area contributed by atoms with E-state index in [-0.39, 0.29) is 4.90 Å². The summed E-state index contributed by atoms with van der Waals surface area (Å²) < 4.78 is 27.9. The molecule has 2 aliphatic heterocycles. The van der Waals surface area contributed by atoms with Crippen molar-refractivity contribution in [3.63, 3.8) is 0 Å². The first-order chi connectivity index (χ1) is 18.6. The van der Waals surface area contributed by atoms with Gasteiger partial charge in [0.05, 0.1) is 10.5 Å². The zero-order valence-corrected chi connectivity index (χ0v) is 23.9. The number of carbonyl (C=O) groups is 2. The second-order valence-electron chi connectivity index (χ2n) is 10.8. The molecule has 5 rings (SSSR count). The zero-order valence-electron chi connectivity index (χ0n) is 22.2. The lowest BCUT2D eigenvalue weighted by molar-refractivity contribution is 0.0999. The van der Waals surface area contributed by atoms with E-state index in [0.29, 0.717) is 54.0 Å². The molecule has 0 unspecified atom stereocenters. The van der Waals surface area contributed by atoms with Gasteiger partial charge < -0.3 is 11.1 Å². The molecule has 1 fully saturated rings. The molecule has 3 N–H and O–H groups in total. The van der Waals surface area contributed by atoms with Crippen molar-refractivity contribution in [2.24, 2.45) is 17.6 Å². The summed E-state index contributed by atoms with van der Waals surface area (Å²) in [7, 11) is -3.64. The SMILES string of the molecule is C[C@@H]1C[C@@H](C)CN(S(=O)(=O)c2ccc(C(=O)Nc3sc4c(c3C(N)=O)CCN(Cc3ccccc3)C4)cc2)C1. The van der Waals surface area contributed by atoms with Gasteiger partial charge in [0.25, 0.3) is 11.8 Å². The molecule has 2 aliphatic rings. The Balaban J connectivity index is 1.31. The Hall–Kier alpha value is -3.05. The van der Waals surface area contributed by atoms with Gasteiger partial charge in [-0.2, -0.15) is 4.31 Å². The minimum atomic E-state index is -3.64. The summed E-state index contributed by atoms with van der Waals surface area (Å²) in [5.41, 5.74) is 8.54. The summed E-state index contributed by atoms with van der Waals surface area (Å²) in [5, 5.41) is 3.30. The average molecular weight is 567 g/mol. The van der Waals surface area contributed by atoms with Crippen molar-refractivity contribution in [2.75, 3.05) is 25.0 Å². The average Bonchev–Trinajstić information content (AvgIpc) is 3.26. The van der Waals surface area contributed by atoms with Gasteiger partial charge in [0.1, 0.15) is 5.00 Å². The molecule has 8 nitrogen and oxygen atoms in total. The van der Waals surface area contributed by atoms with Crippen LogP contribution in [0.1, 0.15) is 57.0 Å². The van der Waals surface area contributed by atoms with Crippen molar-refractivity contribution in [1.82, 2.24) is 9.21 Å². The number of piperidine rings is 1. The van der Waals surface area contributed by atoms with Crippen LogP contribution in [0.4, 0.5) is 5.00 Å². The summed E-state index contributed by atoms with van der Waals surface area (Å²) in [5.74, 6) is -0.378. The van der Waals surface area contributed by atoms with Crippen LogP contribution < -0.4 is 11.1 Å². The highest BCUT2D eigenvalue weighted by Gasteiger charge is 2.32. The van der Waals surface area contributed by atoms with Crippen LogP contribution >= 0.6 is 11.3 Å². The third kappa shape index (κ3) is 5.94. The first kappa shape index (κ1) is 27.5. The van der Waals surface area contributed by atoms with Gasteiger partial charge in [-0.05, 0) is 60.1 Å². The molecule has 39 heavy (non-hydrogen) atoms. The molecule has 2 atom stereocenters. The number of nitrogens with two attached hydrogens (primary N) is 1. The number of anilines is 1. The number of sulfonamides is 1. The lowest BCUT2D eigenvalue weighted by Crippen LogP contribution is -2.42. The highest BCUT2D eigenvalue weighted by atomic mass is 32.2. The number of hydrogen-bond acceptors (Lipinski definition) is 6. The van der Waals surface area contributed by atoms with Crippen LogP contribution in [0.2, 0.25) is 0 Å². The van der Waals surface area contributed by atoms with E-state index in [1.165, 1.54) is 45.5 Å². The molecule has 206 valence electrons. The van der Waals surface area contributed by atoms with Gasteiger partial charge in [-0.3, -0.25) is 14.5 Å². The summed E-state index contributed by atoms with van der Waals surface area (Å²) >= 11 is 1.38. The smallest absolute Gasteiger partial charge is 0.256 e. The molecular formula is C29H34N4O4S2. The van der Waals surface area contributed by atoms with E-state index in [1.54, 1.807) is 0 Å². The van der Waals surface area contributed by atoms with Crippen molar-refractivity contribution < 1.29 is 18.0 Å². The predicted octanol–water partition coefficient (Wildman–Crippen LogP) is 4.32. The van der Waals surface area contributed by atoms with E-state index in [9.17, 15) is 18.0 Å². The third-order valence-corrected chi connectivity index (χ3v) is 10.4. The van der Waals surface area contributed by atoms with Crippen molar-refractivity contribution in [1.29, 1.82) is 0 Å². The van der Waals surface area contributed by atoms with Crippen LogP contribution in [0.3, 0.4) is 0 Å². The van der Waals surface area contributed by atoms with Crippen molar-refractivity contribution in [2.45, 2.75) is 44.7 Å². The van der Waals surface area contributed by atoms with Crippen LogP contribution in [-0.2, 0) is 29.5 Å². The van der Waals surface area contributed by atoms with Gasteiger partial charge in [0.15, 0.2) is 0 Å². The fourth-order valence-corrected chi connectivity index (χ4v) is 8.66. The minimum Gasteiger partial charge on any atom is -0.365 e. The van der Waals surface area contributed by atoms with Crippen molar-refractivity contribution in [3.05, 3.63) is 81.7 Å². The molecule has 0 saturated carbocycles. The molecule has 1 aromatic heterocycles. The van der Waals surface area contributed by atoms with Gasteiger partial charge in [-0.25, -0.2) is 8.42 Å². The number of rotatable bonds is 7. The summed E-state index contributed by atoms with van der Waals surface area (Å²) in [6, 6.07) is 16.2. The maximum absolute atomic E-state index is 13.2. The van der Waals surface area contributed by atoms with Gasteiger partial charge in [0, 0.05) is 43.2 Å². The Labute approximate surface area is 233 Å². The Morgan fingerprint density at radius 1 is 1.03 bits per heavy atom. The van der Waals surface area contributed by atoms with Crippen LogP contribution in [0.15, 0.2) is 59.5 Å². The molecule has 2 amide bonds. The quantitative estimate of drug-likeness (QED) is 0.442. The van der Waals surface area contributed by atoms with E-state index in [0.717, 1.165) is 30.0 Å². The molecule has 10 heteroatoms. The summed E-state index contributed by atoms with van der Waals surface area (Å²) in [6.45, 7) is 7.38. The van der Waals surface area contributed by atoms with Gasteiger partial charge in [0.2, 0.25) is 10.0 Å². The van der Waals surface area contributed by atoms with Crippen LogP contribution in [-0.4, -0.2) is 49.1 Å². The fraction of sp³-hybridized carbons (Fsp3) is 0.379. The van der Waals surface area contributed by atoms with E-state index in [2.05, 4.69) is 36.2 Å². The van der Waals surface area contributed by atoms with E-state index in [4.69, 9.17) is 5.73 Å². The molecule has 0 aliphatic carbocycles.